The van der Waals surface area contributed by atoms with Gasteiger partial charge in [-0.15, -0.1) is 0 Å². The van der Waals surface area contributed by atoms with Gasteiger partial charge in [0.25, 0.3) is 0 Å². The molecule has 56 valence electrons. The van der Waals surface area contributed by atoms with Crippen LogP contribution in [-0.2, 0) is 13.4 Å². The van der Waals surface area contributed by atoms with Gasteiger partial charge in [0.2, 0.25) is 0 Å². The Labute approximate surface area is 58.2 Å². The lowest BCUT2D eigenvalue weighted by Crippen LogP contribution is -2.08. The Morgan fingerprint density at radius 2 is 2.00 bits per heavy atom. The first-order valence-corrected chi connectivity index (χ1v) is 5.10. The number of rotatable bonds is 3. The molecule has 0 bridgehead atoms. The SMILES string of the molecule is CC(C)SS(=O)(=O)ON. The van der Waals surface area contributed by atoms with Crippen LogP contribution in [0.3, 0.4) is 0 Å². The fourth-order valence-electron chi connectivity index (χ4n) is 0.258. The van der Waals surface area contributed by atoms with Crippen molar-refractivity contribution in [2.24, 2.45) is 5.90 Å². The Morgan fingerprint density at radius 1 is 1.56 bits per heavy atom. The van der Waals surface area contributed by atoms with Crippen molar-refractivity contribution in [1.29, 1.82) is 0 Å². The summed E-state index contributed by atoms with van der Waals surface area (Å²) in [6.45, 7) is 3.47. The van der Waals surface area contributed by atoms with Gasteiger partial charge in [0, 0.05) is 16.0 Å². The molecule has 0 aliphatic rings. The maximum absolute atomic E-state index is 10.4. The van der Waals surface area contributed by atoms with Gasteiger partial charge in [-0.3, -0.25) is 0 Å². The van der Waals surface area contributed by atoms with Crippen molar-refractivity contribution in [2.45, 2.75) is 19.1 Å². The van der Waals surface area contributed by atoms with E-state index >= 15 is 0 Å². The Balaban J connectivity index is 3.90. The lowest BCUT2D eigenvalue weighted by Gasteiger charge is -2.00. The van der Waals surface area contributed by atoms with Gasteiger partial charge in [0.05, 0.1) is 0 Å². The van der Waals surface area contributed by atoms with Crippen molar-refractivity contribution in [1.82, 2.24) is 0 Å². The first-order chi connectivity index (χ1) is 3.98. The lowest BCUT2D eigenvalue weighted by molar-refractivity contribution is 0.345. The van der Waals surface area contributed by atoms with Gasteiger partial charge in [-0.2, -0.15) is 18.6 Å². The van der Waals surface area contributed by atoms with Crippen molar-refractivity contribution < 1.29 is 12.7 Å². The fraction of sp³-hybridized carbons (Fsp3) is 1.00. The van der Waals surface area contributed by atoms with Gasteiger partial charge in [-0.05, 0) is 0 Å². The van der Waals surface area contributed by atoms with Gasteiger partial charge < -0.3 is 0 Å². The fourth-order valence-corrected chi connectivity index (χ4v) is 2.33. The molecule has 0 atom stereocenters. The monoisotopic (exact) mass is 171 g/mol. The van der Waals surface area contributed by atoms with Crippen LogP contribution in [0.1, 0.15) is 13.8 Å². The summed E-state index contributed by atoms with van der Waals surface area (Å²) in [5, 5.41) is -0.0291. The van der Waals surface area contributed by atoms with Crippen molar-refractivity contribution in [3.63, 3.8) is 0 Å². The Bertz CT molecular complexity index is 162. The summed E-state index contributed by atoms with van der Waals surface area (Å²) < 4.78 is 24.5. The Morgan fingerprint density at radius 3 is 2.11 bits per heavy atom. The van der Waals surface area contributed by atoms with Crippen molar-refractivity contribution in [3.05, 3.63) is 0 Å². The number of hydrogen-bond donors (Lipinski definition) is 1. The van der Waals surface area contributed by atoms with Crippen LogP contribution in [0.4, 0.5) is 0 Å². The molecule has 0 aromatic carbocycles. The van der Waals surface area contributed by atoms with Crippen LogP contribution in [0.5, 0.6) is 0 Å². The minimum Gasteiger partial charge on any atom is -0.197 e. The molecule has 2 N–H and O–H groups in total. The third-order valence-corrected chi connectivity index (χ3v) is 3.38. The molecule has 6 heteroatoms. The zero-order chi connectivity index (χ0) is 7.49. The lowest BCUT2D eigenvalue weighted by atomic mass is 10.6. The van der Waals surface area contributed by atoms with Crippen LogP contribution in [-0.4, -0.2) is 13.7 Å². The minimum absolute atomic E-state index is 0.0291. The zero-order valence-electron chi connectivity index (χ0n) is 5.20. The molecule has 0 aliphatic carbocycles. The summed E-state index contributed by atoms with van der Waals surface area (Å²) in [4.78, 5) is 0. The summed E-state index contributed by atoms with van der Waals surface area (Å²) in [6.07, 6.45) is 0. The largest absolute Gasteiger partial charge is 0.338 e. The molecule has 0 aromatic heterocycles. The Hall–Kier alpha value is 0.220. The van der Waals surface area contributed by atoms with Crippen molar-refractivity contribution >= 4 is 19.9 Å². The minimum atomic E-state index is -3.52. The second-order valence-corrected chi connectivity index (χ2v) is 5.60. The third kappa shape index (κ3) is 4.71. The second kappa shape index (κ2) is 3.40. The van der Waals surface area contributed by atoms with E-state index in [0.717, 1.165) is 0 Å². The van der Waals surface area contributed by atoms with E-state index in [1.165, 1.54) is 0 Å². The molecule has 0 amide bonds. The quantitative estimate of drug-likeness (QED) is 0.487. The van der Waals surface area contributed by atoms with E-state index in [0.29, 0.717) is 10.8 Å². The highest BCUT2D eigenvalue weighted by atomic mass is 33.1. The molecule has 0 rings (SSSR count). The van der Waals surface area contributed by atoms with E-state index < -0.39 is 9.15 Å². The molecule has 0 saturated carbocycles. The van der Waals surface area contributed by atoms with E-state index in [9.17, 15) is 8.42 Å². The smallest absolute Gasteiger partial charge is 0.197 e. The first kappa shape index (κ1) is 9.22. The molecule has 9 heavy (non-hydrogen) atoms. The van der Waals surface area contributed by atoms with Crippen LogP contribution in [0, 0.1) is 0 Å². The molecule has 0 fully saturated rings. The van der Waals surface area contributed by atoms with Gasteiger partial charge >= 0.3 is 9.15 Å². The molecular weight excluding hydrogens is 162 g/mol. The third-order valence-electron chi connectivity index (χ3n) is 0.428. The molecule has 0 saturated heterocycles. The van der Waals surface area contributed by atoms with Crippen molar-refractivity contribution in [3.8, 4) is 0 Å². The molecule has 0 radical (unpaired) electrons. The highest BCUT2D eigenvalue weighted by Crippen LogP contribution is 2.17. The van der Waals surface area contributed by atoms with Crippen molar-refractivity contribution in [2.75, 3.05) is 0 Å². The molecule has 0 heterocycles. The maximum atomic E-state index is 10.4. The molecule has 0 aromatic rings. The van der Waals surface area contributed by atoms with Crippen LogP contribution in [0.2, 0.25) is 0 Å². The van der Waals surface area contributed by atoms with Gasteiger partial charge in [-0.25, -0.2) is 0 Å². The second-order valence-electron chi connectivity index (χ2n) is 1.65. The van der Waals surface area contributed by atoms with Gasteiger partial charge in [0.15, 0.2) is 0 Å². The molecule has 0 spiro atoms. The van der Waals surface area contributed by atoms with Crippen LogP contribution in [0.15, 0.2) is 0 Å². The predicted octanol–water partition coefficient (Wildman–Crippen LogP) is 0.263. The van der Waals surface area contributed by atoms with E-state index in [1.54, 1.807) is 13.8 Å². The standard InChI is InChI=1S/C3H9NO3S2/c1-3(2)8-9(5,6)7-4/h3H,4H2,1-2H3. The molecule has 4 nitrogen and oxygen atoms in total. The first-order valence-electron chi connectivity index (χ1n) is 2.29. The maximum Gasteiger partial charge on any atom is 0.338 e. The van der Waals surface area contributed by atoms with Crippen LogP contribution >= 0.6 is 10.8 Å². The molecular formula is C3H9NO3S2. The summed E-state index contributed by atoms with van der Waals surface area (Å²) in [5.41, 5.74) is 0. The number of hydrogen-bond acceptors (Lipinski definition) is 5. The predicted molar refractivity (Wildman–Crippen MR) is 36.9 cm³/mol. The highest BCUT2D eigenvalue weighted by Gasteiger charge is 2.11. The van der Waals surface area contributed by atoms with Crippen LogP contribution in [0.25, 0.3) is 0 Å². The van der Waals surface area contributed by atoms with E-state index in [-0.39, 0.29) is 5.25 Å². The van der Waals surface area contributed by atoms with E-state index in [1.807, 2.05) is 0 Å². The van der Waals surface area contributed by atoms with E-state index in [4.69, 9.17) is 0 Å². The normalized spacial score (nSPS) is 12.4. The summed E-state index contributed by atoms with van der Waals surface area (Å²) >= 11 is 0. The number of nitrogens with two attached hydrogens (primary N) is 1. The molecule has 0 unspecified atom stereocenters. The van der Waals surface area contributed by atoms with Gasteiger partial charge in [0.1, 0.15) is 0 Å². The average molecular weight is 171 g/mol. The topological polar surface area (TPSA) is 69.4 Å². The zero-order valence-corrected chi connectivity index (χ0v) is 6.83. The van der Waals surface area contributed by atoms with Gasteiger partial charge in [-0.1, -0.05) is 13.8 Å². The summed E-state index contributed by atoms with van der Waals surface area (Å²) in [6, 6.07) is 0. The summed E-state index contributed by atoms with van der Waals surface area (Å²) in [5.74, 6) is 4.45. The van der Waals surface area contributed by atoms with Crippen LogP contribution < -0.4 is 5.90 Å². The average Bonchev–Trinajstić information content (AvgIpc) is 1.63. The Kier molecular flexibility index (Phi) is 3.49. The molecule has 0 aliphatic heterocycles. The van der Waals surface area contributed by atoms with E-state index in [2.05, 4.69) is 10.2 Å². The highest BCUT2D eigenvalue weighted by molar-refractivity contribution is 8.70. The summed E-state index contributed by atoms with van der Waals surface area (Å²) in [7, 11) is -2.84.